The molecular formula is C12H23N3S. The summed E-state index contributed by atoms with van der Waals surface area (Å²) in [5, 5.41) is 4.31. The van der Waals surface area contributed by atoms with Gasteiger partial charge in [0.2, 0.25) is 0 Å². The smallest absolute Gasteiger partial charge is 0.185 e. The van der Waals surface area contributed by atoms with Crippen molar-refractivity contribution in [1.82, 2.24) is 10.3 Å². The predicted octanol–water partition coefficient (Wildman–Crippen LogP) is 2.73. The van der Waals surface area contributed by atoms with Gasteiger partial charge in [-0.1, -0.05) is 13.8 Å². The lowest BCUT2D eigenvalue weighted by molar-refractivity contribution is 0.570. The van der Waals surface area contributed by atoms with Gasteiger partial charge < -0.3 is 10.2 Å². The second-order valence-corrected chi connectivity index (χ2v) is 5.87. The van der Waals surface area contributed by atoms with Gasteiger partial charge in [-0.15, -0.1) is 11.3 Å². The third-order valence-electron chi connectivity index (χ3n) is 2.32. The Bertz CT molecular complexity index is 307. The number of anilines is 1. The van der Waals surface area contributed by atoms with Crippen LogP contribution in [-0.2, 0) is 6.54 Å². The first-order valence-corrected chi connectivity index (χ1v) is 6.72. The molecule has 0 saturated carbocycles. The van der Waals surface area contributed by atoms with Crippen LogP contribution >= 0.6 is 11.3 Å². The standard InChI is InChI=1S/C12H23N3S/c1-9(2)8-15(10(3)4)12-14-7-11(16-12)6-13-5/h7,9-10,13H,6,8H2,1-5H3. The van der Waals surface area contributed by atoms with E-state index in [1.54, 1.807) is 11.3 Å². The van der Waals surface area contributed by atoms with Crippen molar-refractivity contribution >= 4 is 16.5 Å². The van der Waals surface area contributed by atoms with E-state index in [4.69, 9.17) is 0 Å². The van der Waals surface area contributed by atoms with Crippen LogP contribution in [0.15, 0.2) is 6.20 Å². The molecule has 92 valence electrons. The highest BCUT2D eigenvalue weighted by atomic mass is 32.1. The first-order chi connectivity index (χ1) is 7.54. The molecule has 0 atom stereocenters. The second kappa shape index (κ2) is 6.21. The fourth-order valence-corrected chi connectivity index (χ4v) is 2.65. The Hall–Kier alpha value is -0.610. The van der Waals surface area contributed by atoms with Gasteiger partial charge in [-0.25, -0.2) is 4.98 Å². The highest BCUT2D eigenvalue weighted by molar-refractivity contribution is 7.15. The zero-order chi connectivity index (χ0) is 12.1. The number of hydrogen-bond acceptors (Lipinski definition) is 4. The van der Waals surface area contributed by atoms with Gasteiger partial charge in [0.25, 0.3) is 0 Å². The van der Waals surface area contributed by atoms with Gasteiger partial charge in [0.15, 0.2) is 5.13 Å². The maximum absolute atomic E-state index is 4.51. The maximum Gasteiger partial charge on any atom is 0.185 e. The van der Waals surface area contributed by atoms with Gasteiger partial charge in [0.05, 0.1) is 0 Å². The normalized spacial score (nSPS) is 11.4. The summed E-state index contributed by atoms with van der Waals surface area (Å²) in [6.07, 6.45) is 1.98. The largest absolute Gasteiger partial charge is 0.345 e. The maximum atomic E-state index is 4.51. The number of rotatable bonds is 6. The van der Waals surface area contributed by atoms with Crippen molar-refractivity contribution in [3.63, 3.8) is 0 Å². The van der Waals surface area contributed by atoms with Crippen molar-refractivity contribution in [3.8, 4) is 0 Å². The SMILES string of the molecule is CNCc1cnc(N(CC(C)C)C(C)C)s1. The average Bonchev–Trinajstić information content (AvgIpc) is 2.62. The van der Waals surface area contributed by atoms with E-state index in [-0.39, 0.29) is 0 Å². The molecule has 0 fully saturated rings. The van der Waals surface area contributed by atoms with Gasteiger partial charge >= 0.3 is 0 Å². The summed E-state index contributed by atoms with van der Waals surface area (Å²) < 4.78 is 0. The molecule has 0 amide bonds. The molecule has 0 spiro atoms. The van der Waals surface area contributed by atoms with Crippen LogP contribution in [0.3, 0.4) is 0 Å². The Balaban J connectivity index is 2.76. The first kappa shape index (κ1) is 13.5. The van der Waals surface area contributed by atoms with E-state index in [2.05, 4.69) is 42.9 Å². The summed E-state index contributed by atoms with van der Waals surface area (Å²) in [4.78, 5) is 8.20. The lowest BCUT2D eigenvalue weighted by Crippen LogP contribution is -2.33. The molecule has 0 radical (unpaired) electrons. The number of hydrogen-bond donors (Lipinski definition) is 1. The number of aromatic nitrogens is 1. The van der Waals surface area contributed by atoms with Gasteiger partial charge in [-0.05, 0) is 26.8 Å². The molecule has 0 saturated heterocycles. The van der Waals surface area contributed by atoms with Gasteiger partial charge in [0.1, 0.15) is 0 Å². The molecule has 0 aliphatic carbocycles. The number of nitrogens with zero attached hydrogens (tertiary/aromatic N) is 2. The quantitative estimate of drug-likeness (QED) is 0.830. The van der Waals surface area contributed by atoms with Gasteiger partial charge in [-0.2, -0.15) is 0 Å². The minimum atomic E-state index is 0.510. The highest BCUT2D eigenvalue weighted by Crippen LogP contribution is 2.25. The Morgan fingerprint density at radius 1 is 1.38 bits per heavy atom. The Kier molecular flexibility index (Phi) is 5.22. The van der Waals surface area contributed by atoms with Crippen LogP contribution in [0.2, 0.25) is 0 Å². The molecule has 0 bridgehead atoms. The van der Waals surface area contributed by atoms with Crippen LogP contribution in [0.4, 0.5) is 5.13 Å². The zero-order valence-electron chi connectivity index (χ0n) is 10.9. The molecule has 16 heavy (non-hydrogen) atoms. The van der Waals surface area contributed by atoms with Crippen LogP contribution < -0.4 is 10.2 Å². The van der Waals surface area contributed by atoms with Crippen molar-refractivity contribution in [2.24, 2.45) is 5.92 Å². The molecule has 0 aliphatic heterocycles. The van der Waals surface area contributed by atoms with Crippen molar-refractivity contribution in [2.45, 2.75) is 40.3 Å². The third-order valence-corrected chi connectivity index (χ3v) is 3.36. The zero-order valence-corrected chi connectivity index (χ0v) is 11.8. The molecule has 1 aromatic heterocycles. The molecule has 0 unspecified atom stereocenters. The van der Waals surface area contributed by atoms with E-state index in [1.165, 1.54) is 4.88 Å². The van der Waals surface area contributed by atoms with E-state index in [0.29, 0.717) is 12.0 Å². The van der Waals surface area contributed by atoms with Crippen molar-refractivity contribution in [1.29, 1.82) is 0 Å². The lowest BCUT2D eigenvalue weighted by atomic mass is 10.2. The molecule has 0 aromatic carbocycles. The van der Waals surface area contributed by atoms with E-state index in [9.17, 15) is 0 Å². The molecule has 0 aliphatic rings. The fourth-order valence-electron chi connectivity index (χ4n) is 1.59. The summed E-state index contributed by atoms with van der Waals surface area (Å²) in [5.41, 5.74) is 0. The van der Waals surface area contributed by atoms with Gasteiger partial charge in [0, 0.05) is 30.2 Å². The number of thiazole rings is 1. The van der Waals surface area contributed by atoms with E-state index >= 15 is 0 Å². The molecular weight excluding hydrogens is 218 g/mol. The van der Waals surface area contributed by atoms with Crippen molar-refractivity contribution in [3.05, 3.63) is 11.1 Å². The lowest BCUT2D eigenvalue weighted by Gasteiger charge is -2.27. The summed E-state index contributed by atoms with van der Waals surface area (Å²) in [7, 11) is 1.97. The van der Waals surface area contributed by atoms with Crippen LogP contribution in [0.5, 0.6) is 0 Å². The molecule has 3 nitrogen and oxygen atoms in total. The molecule has 1 aromatic rings. The monoisotopic (exact) mass is 241 g/mol. The van der Waals surface area contributed by atoms with Crippen LogP contribution in [-0.4, -0.2) is 24.6 Å². The number of nitrogens with one attached hydrogen (secondary N) is 1. The third kappa shape index (κ3) is 3.76. The average molecular weight is 241 g/mol. The molecule has 4 heteroatoms. The summed E-state index contributed by atoms with van der Waals surface area (Å²) >= 11 is 1.79. The van der Waals surface area contributed by atoms with Crippen molar-refractivity contribution < 1.29 is 0 Å². The topological polar surface area (TPSA) is 28.2 Å². The first-order valence-electron chi connectivity index (χ1n) is 5.90. The molecule has 1 N–H and O–H groups in total. The second-order valence-electron chi connectivity index (χ2n) is 4.78. The summed E-state index contributed by atoms with van der Waals surface area (Å²) in [5.74, 6) is 0.666. The fraction of sp³-hybridized carbons (Fsp3) is 0.750. The van der Waals surface area contributed by atoms with Gasteiger partial charge in [-0.3, -0.25) is 0 Å². The Labute approximate surface area is 103 Å². The van der Waals surface area contributed by atoms with E-state index < -0.39 is 0 Å². The van der Waals surface area contributed by atoms with Crippen LogP contribution in [0.1, 0.15) is 32.6 Å². The predicted molar refractivity (Wildman–Crippen MR) is 72.2 cm³/mol. The Morgan fingerprint density at radius 3 is 2.56 bits per heavy atom. The minimum absolute atomic E-state index is 0.510. The van der Waals surface area contributed by atoms with E-state index in [1.807, 2.05) is 13.2 Å². The van der Waals surface area contributed by atoms with Crippen LogP contribution in [0, 0.1) is 5.92 Å². The minimum Gasteiger partial charge on any atom is -0.345 e. The molecule has 1 rings (SSSR count). The van der Waals surface area contributed by atoms with E-state index in [0.717, 1.165) is 18.2 Å². The summed E-state index contributed by atoms with van der Waals surface area (Å²) in [6, 6.07) is 0.510. The van der Waals surface area contributed by atoms with Crippen molar-refractivity contribution in [2.75, 3.05) is 18.5 Å². The Morgan fingerprint density at radius 2 is 2.06 bits per heavy atom. The summed E-state index contributed by atoms with van der Waals surface area (Å²) in [6.45, 7) is 10.9. The highest BCUT2D eigenvalue weighted by Gasteiger charge is 2.15. The van der Waals surface area contributed by atoms with Crippen LogP contribution in [0.25, 0.3) is 0 Å². The molecule has 1 heterocycles.